The van der Waals surface area contributed by atoms with Crippen molar-refractivity contribution >= 4 is 17.4 Å². The molecular weight excluding hydrogens is 226 g/mol. The number of nitrogen functional groups attached to an aromatic ring is 1. The summed E-state index contributed by atoms with van der Waals surface area (Å²) in [5.41, 5.74) is 5.49. The van der Waals surface area contributed by atoms with Crippen molar-refractivity contribution in [3.05, 3.63) is 41.6 Å². The normalized spacial score (nSPS) is 10.3. The van der Waals surface area contributed by atoms with Crippen molar-refractivity contribution in [2.24, 2.45) is 0 Å². The van der Waals surface area contributed by atoms with Gasteiger partial charge >= 0.3 is 0 Å². The number of benzene rings is 1. The second-order valence-electron chi connectivity index (χ2n) is 3.28. The minimum Gasteiger partial charge on any atom is -0.490 e. The van der Waals surface area contributed by atoms with Crippen molar-refractivity contribution in [3.8, 4) is 5.75 Å². The third kappa shape index (κ3) is 2.67. The predicted octanol–water partition coefficient (Wildman–Crippen LogP) is 2.20. The maximum absolute atomic E-state index is 5.94. The smallest absolute Gasteiger partial charge is 0.145 e. The van der Waals surface area contributed by atoms with Crippen molar-refractivity contribution in [3.63, 3.8) is 0 Å². The highest BCUT2D eigenvalue weighted by Gasteiger charge is 2.00. The molecule has 0 radical (unpaired) electrons. The summed E-state index contributed by atoms with van der Waals surface area (Å²) >= 11 is 5.94. The van der Waals surface area contributed by atoms with Crippen molar-refractivity contribution in [2.75, 3.05) is 12.3 Å². The standard InChI is InChI=1S/C11H12ClN3O/c12-9-3-1-2-4-10(9)16-8-7-15-6-5-11(13)14-15/h1-6H,7-8H2,(H2,13,14). The molecule has 2 rings (SSSR count). The number of nitrogens with two attached hydrogens (primary N) is 1. The number of ether oxygens (including phenoxy) is 1. The first-order valence-electron chi connectivity index (χ1n) is 4.92. The number of halogens is 1. The molecule has 0 spiro atoms. The summed E-state index contributed by atoms with van der Waals surface area (Å²) in [6.07, 6.45) is 1.81. The average molecular weight is 238 g/mol. The fourth-order valence-electron chi connectivity index (χ4n) is 1.31. The van der Waals surface area contributed by atoms with E-state index in [0.717, 1.165) is 0 Å². The van der Waals surface area contributed by atoms with Gasteiger partial charge in [-0.3, -0.25) is 4.68 Å². The van der Waals surface area contributed by atoms with Crippen LogP contribution in [0.2, 0.25) is 5.02 Å². The molecule has 0 aliphatic heterocycles. The number of para-hydroxylation sites is 1. The lowest BCUT2D eigenvalue weighted by Crippen LogP contribution is -2.09. The van der Waals surface area contributed by atoms with Gasteiger partial charge in [-0.25, -0.2) is 0 Å². The molecule has 0 amide bonds. The maximum atomic E-state index is 5.94. The summed E-state index contributed by atoms with van der Waals surface area (Å²) in [6.45, 7) is 1.15. The van der Waals surface area contributed by atoms with Crippen LogP contribution < -0.4 is 10.5 Å². The van der Waals surface area contributed by atoms with Gasteiger partial charge in [0.15, 0.2) is 0 Å². The van der Waals surface area contributed by atoms with Gasteiger partial charge in [-0.05, 0) is 18.2 Å². The lowest BCUT2D eigenvalue weighted by atomic mass is 10.3. The van der Waals surface area contributed by atoms with Gasteiger partial charge in [0.1, 0.15) is 18.2 Å². The molecule has 0 aliphatic rings. The largest absolute Gasteiger partial charge is 0.490 e. The van der Waals surface area contributed by atoms with Gasteiger partial charge < -0.3 is 10.5 Å². The lowest BCUT2D eigenvalue weighted by Gasteiger charge is -2.07. The van der Waals surface area contributed by atoms with Gasteiger partial charge in [0.25, 0.3) is 0 Å². The van der Waals surface area contributed by atoms with E-state index < -0.39 is 0 Å². The van der Waals surface area contributed by atoms with E-state index in [4.69, 9.17) is 22.1 Å². The van der Waals surface area contributed by atoms with Crippen molar-refractivity contribution in [1.82, 2.24) is 9.78 Å². The Morgan fingerprint density at radius 1 is 1.31 bits per heavy atom. The third-order valence-electron chi connectivity index (χ3n) is 2.08. The summed E-state index contributed by atoms with van der Waals surface area (Å²) in [5, 5.41) is 4.66. The Morgan fingerprint density at radius 3 is 2.81 bits per heavy atom. The van der Waals surface area contributed by atoms with Crippen LogP contribution in [0.1, 0.15) is 0 Å². The first kappa shape index (κ1) is 10.8. The second kappa shape index (κ2) is 4.90. The Kier molecular flexibility index (Phi) is 3.31. The Bertz CT molecular complexity index is 470. The number of rotatable bonds is 4. The summed E-state index contributed by atoms with van der Waals surface area (Å²) in [5.74, 6) is 1.20. The molecule has 0 saturated heterocycles. The molecule has 1 aromatic heterocycles. The first-order chi connectivity index (χ1) is 7.75. The van der Waals surface area contributed by atoms with E-state index >= 15 is 0 Å². The summed E-state index contributed by atoms with van der Waals surface area (Å²) in [4.78, 5) is 0. The van der Waals surface area contributed by atoms with Gasteiger partial charge in [0.05, 0.1) is 11.6 Å². The summed E-state index contributed by atoms with van der Waals surface area (Å²) in [6, 6.07) is 9.12. The molecule has 0 bridgehead atoms. The zero-order chi connectivity index (χ0) is 11.4. The zero-order valence-electron chi connectivity index (χ0n) is 8.64. The fourth-order valence-corrected chi connectivity index (χ4v) is 1.50. The number of hydrogen-bond acceptors (Lipinski definition) is 3. The van der Waals surface area contributed by atoms with E-state index in [1.165, 1.54) is 0 Å². The molecule has 1 aromatic carbocycles. The fraction of sp³-hybridized carbons (Fsp3) is 0.182. The van der Waals surface area contributed by atoms with Crippen molar-refractivity contribution < 1.29 is 4.74 Å². The number of aromatic nitrogens is 2. The average Bonchev–Trinajstić information content (AvgIpc) is 2.67. The van der Waals surface area contributed by atoms with E-state index in [-0.39, 0.29) is 0 Å². The molecule has 0 fully saturated rings. The Labute approximate surface area is 98.6 Å². The molecule has 1 heterocycles. The highest BCUT2D eigenvalue weighted by molar-refractivity contribution is 6.32. The van der Waals surface area contributed by atoms with Crippen LogP contribution in [0.15, 0.2) is 36.5 Å². The summed E-state index contributed by atoms with van der Waals surface area (Å²) < 4.78 is 7.24. The number of anilines is 1. The van der Waals surface area contributed by atoms with E-state index in [2.05, 4.69) is 5.10 Å². The molecule has 2 aromatic rings. The van der Waals surface area contributed by atoms with Gasteiger partial charge in [0.2, 0.25) is 0 Å². The van der Waals surface area contributed by atoms with E-state index in [1.807, 2.05) is 24.4 Å². The molecule has 4 nitrogen and oxygen atoms in total. The van der Waals surface area contributed by atoms with Crippen LogP contribution in [0.5, 0.6) is 5.75 Å². The molecule has 5 heteroatoms. The molecular formula is C11H12ClN3O. The Morgan fingerprint density at radius 2 is 2.12 bits per heavy atom. The van der Waals surface area contributed by atoms with Crippen molar-refractivity contribution in [1.29, 1.82) is 0 Å². The van der Waals surface area contributed by atoms with E-state index in [9.17, 15) is 0 Å². The monoisotopic (exact) mass is 237 g/mol. The van der Waals surface area contributed by atoms with Gasteiger partial charge in [-0.2, -0.15) is 5.10 Å². The quantitative estimate of drug-likeness (QED) is 0.887. The topological polar surface area (TPSA) is 53.1 Å². The zero-order valence-corrected chi connectivity index (χ0v) is 9.39. The molecule has 0 unspecified atom stereocenters. The lowest BCUT2D eigenvalue weighted by molar-refractivity contribution is 0.291. The van der Waals surface area contributed by atoms with Crippen LogP contribution in [0.4, 0.5) is 5.82 Å². The second-order valence-corrected chi connectivity index (χ2v) is 3.69. The minimum absolute atomic E-state index is 0.505. The Balaban J connectivity index is 1.87. The molecule has 0 atom stereocenters. The SMILES string of the molecule is Nc1ccn(CCOc2ccccc2Cl)n1. The number of hydrogen-bond donors (Lipinski definition) is 1. The van der Waals surface area contributed by atoms with E-state index in [1.54, 1.807) is 16.8 Å². The van der Waals surface area contributed by atoms with Crippen LogP contribution in [-0.2, 0) is 6.54 Å². The van der Waals surface area contributed by atoms with Crippen molar-refractivity contribution in [2.45, 2.75) is 6.54 Å². The highest BCUT2D eigenvalue weighted by atomic mass is 35.5. The predicted molar refractivity (Wildman–Crippen MR) is 63.6 cm³/mol. The molecule has 0 aliphatic carbocycles. The van der Waals surface area contributed by atoms with Gasteiger partial charge in [-0.15, -0.1) is 0 Å². The van der Waals surface area contributed by atoms with Gasteiger partial charge in [-0.1, -0.05) is 23.7 Å². The number of nitrogens with zero attached hydrogens (tertiary/aromatic N) is 2. The van der Waals surface area contributed by atoms with Crippen LogP contribution in [0.25, 0.3) is 0 Å². The van der Waals surface area contributed by atoms with Crippen LogP contribution in [0.3, 0.4) is 0 Å². The minimum atomic E-state index is 0.505. The molecule has 16 heavy (non-hydrogen) atoms. The first-order valence-corrected chi connectivity index (χ1v) is 5.30. The van der Waals surface area contributed by atoms with Crippen LogP contribution in [0, 0.1) is 0 Å². The van der Waals surface area contributed by atoms with Crippen LogP contribution in [-0.4, -0.2) is 16.4 Å². The molecule has 0 saturated carbocycles. The summed E-state index contributed by atoms with van der Waals surface area (Å²) in [7, 11) is 0. The molecule has 2 N–H and O–H groups in total. The Hall–Kier alpha value is -1.68. The van der Waals surface area contributed by atoms with E-state index in [0.29, 0.717) is 29.7 Å². The third-order valence-corrected chi connectivity index (χ3v) is 2.39. The highest BCUT2D eigenvalue weighted by Crippen LogP contribution is 2.22. The molecule has 84 valence electrons. The van der Waals surface area contributed by atoms with Crippen LogP contribution >= 0.6 is 11.6 Å². The van der Waals surface area contributed by atoms with Gasteiger partial charge in [0, 0.05) is 6.20 Å². The maximum Gasteiger partial charge on any atom is 0.145 e.